The van der Waals surface area contributed by atoms with Gasteiger partial charge in [-0.15, -0.1) is 0 Å². The van der Waals surface area contributed by atoms with Crippen LogP contribution >= 0.6 is 0 Å². The lowest BCUT2D eigenvalue weighted by molar-refractivity contribution is 0.0945. The Morgan fingerprint density at radius 2 is 2.31 bits per heavy atom. The second-order valence-electron chi connectivity index (χ2n) is 3.80. The van der Waals surface area contributed by atoms with Gasteiger partial charge in [-0.1, -0.05) is 13.8 Å². The molecule has 0 radical (unpaired) electrons. The van der Waals surface area contributed by atoms with Crippen LogP contribution in [0.4, 0.5) is 0 Å². The third kappa shape index (κ3) is 3.66. The summed E-state index contributed by atoms with van der Waals surface area (Å²) in [4.78, 5) is 11.7. The molecule has 5 nitrogen and oxygen atoms in total. The van der Waals surface area contributed by atoms with E-state index in [0.29, 0.717) is 12.2 Å². The Morgan fingerprint density at radius 3 is 2.88 bits per heavy atom. The summed E-state index contributed by atoms with van der Waals surface area (Å²) in [6.07, 6.45) is 0.855. The monoisotopic (exact) mass is 224 g/mol. The Labute approximate surface area is 96.0 Å². The van der Waals surface area contributed by atoms with Crippen LogP contribution in [-0.2, 0) is 6.42 Å². The standard InChI is InChI=1S/C11H20N4O/c1-4-9-6-10(15-14-9)11(16)13-7-8(3)12-5-2/h6,8,12H,4-5,7H2,1-3H3,(H,13,16)(H,14,15)/t8-/m1/s1. The molecule has 1 aromatic heterocycles. The van der Waals surface area contributed by atoms with Crippen LogP contribution < -0.4 is 10.6 Å². The van der Waals surface area contributed by atoms with Crippen molar-refractivity contribution in [3.8, 4) is 0 Å². The molecule has 0 saturated heterocycles. The van der Waals surface area contributed by atoms with E-state index in [1.807, 2.05) is 20.8 Å². The van der Waals surface area contributed by atoms with E-state index in [-0.39, 0.29) is 11.9 Å². The van der Waals surface area contributed by atoms with E-state index in [9.17, 15) is 4.79 Å². The van der Waals surface area contributed by atoms with E-state index in [4.69, 9.17) is 0 Å². The highest BCUT2D eigenvalue weighted by atomic mass is 16.1. The molecular formula is C11H20N4O. The first-order valence-electron chi connectivity index (χ1n) is 5.73. The molecular weight excluding hydrogens is 204 g/mol. The molecule has 0 aliphatic rings. The number of aryl methyl sites for hydroxylation is 1. The smallest absolute Gasteiger partial charge is 0.271 e. The van der Waals surface area contributed by atoms with Crippen molar-refractivity contribution in [3.63, 3.8) is 0 Å². The normalized spacial score (nSPS) is 12.4. The number of hydrogen-bond acceptors (Lipinski definition) is 3. The highest BCUT2D eigenvalue weighted by molar-refractivity contribution is 5.92. The second kappa shape index (κ2) is 6.27. The van der Waals surface area contributed by atoms with E-state index in [1.54, 1.807) is 6.07 Å². The van der Waals surface area contributed by atoms with Crippen LogP contribution in [0.2, 0.25) is 0 Å². The molecule has 0 unspecified atom stereocenters. The Kier molecular flexibility index (Phi) is 4.98. The van der Waals surface area contributed by atoms with Gasteiger partial charge in [-0.2, -0.15) is 5.10 Å². The summed E-state index contributed by atoms with van der Waals surface area (Å²) < 4.78 is 0. The quantitative estimate of drug-likeness (QED) is 0.666. The topological polar surface area (TPSA) is 69.8 Å². The summed E-state index contributed by atoms with van der Waals surface area (Å²) in [6.45, 7) is 7.61. The minimum absolute atomic E-state index is 0.124. The van der Waals surface area contributed by atoms with Gasteiger partial charge in [0.15, 0.2) is 0 Å². The first-order chi connectivity index (χ1) is 7.67. The second-order valence-corrected chi connectivity index (χ2v) is 3.80. The number of hydrogen-bond donors (Lipinski definition) is 3. The largest absolute Gasteiger partial charge is 0.349 e. The lowest BCUT2D eigenvalue weighted by atomic mass is 10.3. The molecule has 3 N–H and O–H groups in total. The Bertz CT molecular complexity index is 334. The number of rotatable bonds is 6. The van der Waals surface area contributed by atoms with Gasteiger partial charge in [-0.05, 0) is 26.0 Å². The average molecular weight is 224 g/mol. The van der Waals surface area contributed by atoms with Crippen molar-refractivity contribution in [1.82, 2.24) is 20.8 Å². The first kappa shape index (κ1) is 12.7. The highest BCUT2D eigenvalue weighted by Crippen LogP contribution is 1.99. The molecule has 16 heavy (non-hydrogen) atoms. The number of nitrogens with one attached hydrogen (secondary N) is 3. The van der Waals surface area contributed by atoms with Gasteiger partial charge in [0.1, 0.15) is 5.69 Å². The maximum atomic E-state index is 11.7. The number of H-pyrrole nitrogens is 1. The van der Waals surface area contributed by atoms with Crippen molar-refractivity contribution in [2.24, 2.45) is 0 Å². The number of aromatic nitrogens is 2. The van der Waals surface area contributed by atoms with Crippen LogP contribution in [0, 0.1) is 0 Å². The van der Waals surface area contributed by atoms with Crippen LogP contribution in [0.5, 0.6) is 0 Å². The van der Waals surface area contributed by atoms with E-state index in [2.05, 4.69) is 20.8 Å². The fourth-order valence-corrected chi connectivity index (χ4v) is 1.42. The van der Waals surface area contributed by atoms with Crippen LogP contribution in [0.15, 0.2) is 6.07 Å². The molecule has 1 amide bonds. The fraction of sp³-hybridized carbons (Fsp3) is 0.636. The van der Waals surface area contributed by atoms with Gasteiger partial charge in [0.2, 0.25) is 0 Å². The van der Waals surface area contributed by atoms with Crippen LogP contribution in [0.3, 0.4) is 0 Å². The zero-order valence-electron chi connectivity index (χ0n) is 10.1. The van der Waals surface area contributed by atoms with Gasteiger partial charge < -0.3 is 10.6 Å². The summed E-state index contributed by atoms with van der Waals surface area (Å²) in [5, 5.41) is 12.8. The number of likely N-dealkylation sites (N-methyl/N-ethyl adjacent to an activating group) is 1. The first-order valence-corrected chi connectivity index (χ1v) is 5.73. The molecule has 1 atom stereocenters. The Balaban J connectivity index is 2.40. The molecule has 0 saturated carbocycles. The van der Waals surface area contributed by atoms with Gasteiger partial charge >= 0.3 is 0 Å². The zero-order valence-corrected chi connectivity index (χ0v) is 10.1. The molecule has 0 aliphatic carbocycles. The number of carbonyl (C=O) groups is 1. The van der Waals surface area contributed by atoms with Gasteiger partial charge in [0.25, 0.3) is 5.91 Å². The fourth-order valence-electron chi connectivity index (χ4n) is 1.42. The molecule has 1 heterocycles. The third-order valence-corrected chi connectivity index (χ3v) is 2.37. The van der Waals surface area contributed by atoms with E-state index in [0.717, 1.165) is 18.7 Å². The van der Waals surface area contributed by atoms with Crippen LogP contribution in [0.25, 0.3) is 0 Å². The van der Waals surface area contributed by atoms with Crippen molar-refractivity contribution >= 4 is 5.91 Å². The summed E-state index contributed by atoms with van der Waals surface area (Å²) in [5.74, 6) is -0.124. The van der Waals surface area contributed by atoms with E-state index < -0.39 is 0 Å². The lowest BCUT2D eigenvalue weighted by Gasteiger charge is -2.12. The number of amides is 1. The van der Waals surface area contributed by atoms with Gasteiger partial charge in [-0.3, -0.25) is 9.89 Å². The lowest BCUT2D eigenvalue weighted by Crippen LogP contribution is -2.38. The third-order valence-electron chi connectivity index (χ3n) is 2.37. The maximum absolute atomic E-state index is 11.7. The van der Waals surface area contributed by atoms with Gasteiger partial charge in [0.05, 0.1) is 0 Å². The molecule has 1 aromatic rings. The molecule has 1 rings (SSSR count). The summed E-state index contributed by atoms with van der Waals surface area (Å²) in [5.41, 5.74) is 1.44. The number of aromatic amines is 1. The molecule has 0 bridgehead atoms. The molecule has 0 aliphatic heterocycles. The predicted molar refractivity (Wildman–Crippen MR) is 63.4 cm³/mol. The molecule has 0 fully saturated rings. The SMILES string of the molecule is CCN[C@H](C)CNC(=O)c1cc(CC)[nH]n1. The van der Waals surface area contributed by atoms with E-state index in [1.165, 1.54) is 0 Å². The molecule has 0 spiro atoms. The molecule has 90 valence electrons. The van der Waals surface area contributed by atoms with Gasteiger partial charge in [-0.25, -0.2) is 0 Å². The van der Waals surface area contributed by atoms with Crippen molar-refractivity contribution in [1.29, 1.82) is 0 Å². The van der Waals surface area contributed by atoms with Gasteiger partial charge in [0, 0.05) is 18.3 Å². The summed E-state index contributed by atoms with van der Waals surface area (Å²) >= 11 is 0. The molecule has 0 aromatic carbocycles. The minimum atomic E-state index is -0.124. The van der Waals surface area contributed by atoms with Crippen molar-refractivity contribution in [2.75, 3.05) is 13.1 Å². The zero-order chi connectivity index (χ0) is 12.0. The number of nitrogens with zero attached hydrogens (tertiary/aromatic N) is 1. The average Bonchev–Trinajstić information content (AvgIpc) is 2.75. The maximum Gasteiger partial charge on any atom is 0.271 e. The number of carbonyl (C=O) groups excluding carboxylic acids is 1. The minimum Gasteiger partial charge on any atom is -0.349 e. The predicted octanol–water partition coefficient (Wildman–Crippen LogP) is 0.700. The van der Waals surface area contributed by atoms with Crippen molar-refractivity contribution in [3.05, 3.63) is 17.5 Å². The van der Waals surface area contributed by atoms with Crippen molar-refractivity contribution < 1.29 is 4.79 Å². The summed E-state index contributed by atoms with van der Waals surface area (Å²) in [6, 6.07) is 2.06. The Hall–Kier alpha value is -1.36. The van der Waals surface area contributed by atoms with Crippen molar-refractivity contribution in [2.45, 2.75) is 33.2 Å². The van der Waals surface area contributed by atoms with E-state index >= 15 is 0 Å². The van der Waals surface area contributed by atoms with Crippen LogP contribution in [0.1, 0.15) is 37.0 Å². The van der Waals surface area contributed by atoms with Crippen LogP contribution in [-0.4, -0.2) is 35.2 Å². The summed E-state index contributed by atoms with van der Waals surface area (Å²) in [7, 11) is 0. The Morgan fingerprint density at radius 1 is 1.56 bits per heavy atom. The molecule has 5 heteroatoms. The highest BCUT2D eigenvalue weighted by Gasteiger charge is 2.10.